The molecule has 34 valence electrons. The molecule has 0 radical (unpaired) electrons. The van der Waals surface area contributed by atoms with Gasteiger partial charge in [0.15, 0.2) is 17.4 Å². The first kappa shape index (κ1) is 32.0. The van der Waals surface area contributed by atoms with Gasteiger partial charge in [-0.15, -0.1) is 0 Å². The zero-order valence-corrected chi connectivity index (χ0v) is 5.46. The number of hydrogen-bond acceptors (Lipinski definition) is 0. The molecule has 0 nitrogen and oxygen atoms in total. The third-order valence-corrected chi connectivity index (χ3v) is 0. The van der Waals surface area contributed by atoms with Crippen molar-refractivity contribution in [2.75, 3.05) is 0 Å². The van der Waals surface area contributed by atoms with E-state index in [1.807, 2.05) is 0 Å². The second-order valence-corrected chi connectivity index (χ2v) is 0. The summed E-state index contributed by atoms with van der Waals surface area (Å²) in [6, 6.07) is 0. The van der Waals surface area contributed by atoms with Gasteiger partial charge in [-0.2, -0.15) is 0 Å². The molecule has 0 spiro atoms. The Kier molecular flexibility index (Phi) is 188. The van der Waals surface area contributed by atoms with Crippen molar-refractivity contribution in [3.63, 3.8) is 0 Å². The molecule has 0 saturated heterocycles. The first-order valence-corrected chi connectivity index (χ1v) is 3.00. The van der Waals surface area contributed by atoms with E-state index in [1.54, 1.807) is 0 Å². The summed E-state index contributed by atoms with van der Waals surface area (Å²) in [7, 11) is 3.44. The summed E-state index contributed by atoms with van der Waals surface area (Å²) in [6.07, 6.45) is 0. The van der Waals surface area contributed by atoms with Gasteiger partial charge in [0.2, 0.25) is 0 Å². The van der Waals surface area contributed by atoms with E-state index in [9.17, 15) is 0 Å². The summed E-state index contributed by atoms with van der Waals surface area (Å²) >= 11 is 0. The maximum atomic E-state index is 2.14. The van der Waals surface area contributed by atoms with Gasteiger partial charge in [0.05, 0.1) is 7.44 Å². The Bertz CT molecular complexity index is 15.5. The molecular formula is H12AlBBaCaFeSi. The van der Waals surface area contributed by atoms with Crippen LogP contribution in [0.3, 0.4) is 0 Å². The van der Waals surface area contributed by atoms with Gasteiger partial charge in [0, 0.05) is 17.1 Å². The molecule has 0 heterocycles. The van der Waals surface area contributed by atoms with Crippen molar-refractivity contribution >= 4 is 122 Å². The van der Waals surface area contributed by atoms with Crippen molar-refractivity contribution in [3.05, 3.63) is 0 Å². The van der Waals surface area contributed by atoms with Crippen molar-refractivity contribution in [1.82, 2.24) is 0 Å². The maximum Gasteiger partial charge on any atom is 0 e. The summed E-state index contributed by atoms with van der Waals surface area (Å²) in [4.78, 5) is 0. The molecule has 0 N–H and O–H groups in total. The summed E-state index contributed by atoms with van der Waals surface area (Å²) in [5.74, 6) is 0. The average molecular weight is 311 g/mol. The van der Waals surface area contributed by atoms with Crippen LogP contribution in [0, 0.1) is 0 Å². The number of hydrogen-bond donors (Lipinski definition) is 0. The van der Waals surface area contributed by atoms with E-state index in [1.165, 1.54) is 10.1 Å². The van der Waals surface area contributed by atoms with Crippen molar-refractivity contribution in [1.29, 1.82) is 0 Å². The monoisotopic (exact) mass is 312 g/mol. The van der Waals surface area contributed by atoms with E-state index in [-0.39, 0.29) is 121 Å². The number of rotatable bonds is 0. The van der Waals surface area contributed by atoms with Gasteiger partial charge < -0.3 is 0 Å². The van der Waals surface area contributed by atoms with Crippen LogP contribution in [0.2, 0.25) is 0 Å². The third-order valence-electron chi connectivity index (χ3n) is 0. The Hall–Kier alpha value is 4.16. The molecule has 0 aromatic heterocycles. The minimum atomic E-state index is 0. The Morgan fingerprint density at radius 2 is 1.17 bits per heavy atom. The summed E-state index contributed by atoms with van der Waals surface area (Å²) in [5, 5.41) is 0. The third kappa shape index (κ3) is 24.2. The van der Waals surface area contributed by atoms with Gasteiger partial charge in [-0.05, 0) is 10.1 Å². The van der Waals surface area contributed by atoms with E-state index in [0.29, 0.717) is 0 Å². The van der Waals surface area contributed by atoms with Gasteiger partial charge in [-0.3, -0.25) is 0 Å². The predicted molar refractivity (Wildman–Crippen MR) is 45.5 cm³/mol. The van der Waals surface area contributed by atoms with Gasteiger partial charge >= 0.3 is 86.6 Å². The molecule has 0 rings (SSSR count). The minimum absolute atomic E-state index is 0. The Labute approximate surface area is 135 Å². The molecule has 0 amide bonds. The molecule has 0 aliphatic rings. The molecule has 0 aromatic carbocycles. The van der Waals surface area contributed by atoms with Gasteiger partial charge in [-0.25, -0.2) is 0 Å². The van der Waals surface area contributed by atoms with Gasteiger partial charge in [0.25, 0.3) is 0 Å². The quantitative estimate of drug-likeness (QED) is 0.393. The molecule has 0 saturated carbocycles. The molecule has 0 bridgehead atoms. The largest absolute Gasteiger partial charge is 0 e. The molecule has 6 heteroatoms. The Morgan fingerprint density at radius 3 is 1.17 bits per heavy atom. The van der Waals surface area contributed by atoms with Crippen molar-refractivity contribution in [2.45, 2.75) is 0 Å². The van der Waals surface area contributed by atoms with Gasteiger partial charge in [0.1, 0.15) is 0 Å². The molecule has 6 heavy (non-hydrogen) atoms. The molecule has 0 aliphatic carbocycles. The van der Waals surface area contributed by atoms with E-state index in [0.717, 1.165) is 0 Å². The fourth-order valence-electron chi connectivity index (χ4n) is 0. The van der Waals surface area contributed by atoms with Crippen LogP contribution in [0.5, 0.6) is 0 Å². The van der Waals surface area contributed by atoms with Crippen LogP contribution in [0.25, 0.3) is 0 Å². The fraction of sp³-hybridized carbons (Fsp3) is 0. The first-order valence-electron chi connectivity index (χ1n) is 1.00. The van der Waals surface area contributed by atoms with Crippen molar-refractivity contribution in [2.24, 2.45) is 0 Å². The van der Waals surface area contributed by atoms with Crippen molar-refractivity contribution in [3.8, 4) is 0 Å². The van der Waals surface area contributed by atoms with Crippen LogP contribution >= 0.6 is 0 Å². The zero-order valence-electron chi connectivity index (χ0n) is 2.35. The molecule has 0 aromatic rings. The van der Waals surface area contributed by atoms with E-state index >= 15 is 0 Å². The minimum Gasteiger partial charge on any atom is 0 e. The topological polar surface area (TPSA) is 0 Å². The van der Waals surface area contributed by atoms with E-state index in [2.05, 4.69) is 7.44 Å². The van der Waals surface area contributed by atoms with E-state index in [4.69, 9.17) is 0 Å². The Morgan fingerprint density at radius 1 is 1.17 bits per heavy atom. The van der Waals surface area contributed by atoms with Crippen LogP contribution < -0.4 is 0 Å². The van der Waals surface area contributed by atoms with Crippen LogP contribution in [0.4, 0.5) is 0 Å². The summed E-state index contributed by atoms with van der Waals surface area (Å²) < 4.78 is 0. The van der Waals surface area contributed by atoms with Crippen LogP contribution in [0.15, 0.2) is 0 Å². The van der Waals surface area contributed by atoms with Crippen LogP contribution in [0.1, 0.15) is 0 Å². The van der Waals surface area contributed by atoms with Crippen LogP contribution in [-0.2, 0) is 17.1 Å². The standard InChI is InChI=1S/Al.BH5Si.Ba.Ca.Fe.7H/c;1-2;;;;;;;;;;/h;1H2,2H3;;;;;;;;;;. The zero-order chi connectivity index (χ0) is 2.00. The van der Waals surface area contributed by atoms with Crippen LogP contribution in [-0.4, -0.2) is 122 Å². The second-order valence-electron chi connectivity index (χ2n) is 0. The molecular weight excluding hydrogens is 299 g/mol. The Balaban J connectivity index is -0.000000000833. The second kappa shape index (κ2) is 35.2. The molecule has 0 atom stereocenters. The average Bonchev–Trinajstić information content (AvgIpc) is 1.00. The van der Waals surface area contributed by atoms with Gasteiger partial charge in [-0.1, -0.05) is 0 Å². The van der Waals surface area contributed by atoms with E-state index < -0.39 is 0 Å². The molecule has 0 unspecified atom stereocenters. The maximum absolute atomic E-state index is 2.14. The molecule has 0 aliphatic heterocycles. The summed E-state index contributed by atoms with van der Waals surface area (Å²) in [5.41, 5.74) is 0. The first-order chi connectivity index (χ1) is 1.00. The molecule has 0 fully saturated rings. The SMILES string of the molecule is B[SiH3].[AlH3].[BaH2].[CaH2].[Fe]. The smallest absolute Gasteiger partial charge is 0 e. The fourth-order valence-corrected chi connectivity index (χ4v) is 0. The summed E-state index contributed by atoms with van der Waals surface area (Å²) in [6.45, 7) is 0. The van der Waals surface area contributed by atoms with Crippen molar-refractivity contribution < 1.29 is 17.1 Å². The predicted octanol–water partition coefficient (Wildman–Crippen LogP) is -5.12. The normalized spacial score (nSPS) is 1.33.